The van der Waals surface area contributed by atoms with E-state index in [-0.39, 0.29) is 5.41 Å². The zero-order valence-corrected chi connectivity index (χ0v) is 25.7. The van der Waals surface area contributed by atoms with Gasteiger partial charge >= 0.3 is 0 Å². The lowest BCUT2D eigenvalue weighted by atomic mass is 9.48. The van der Waals surface area contributed by atoms with Gasteiger partial charge in [0.2, 0.25) is 5.75 Å². The SMILES string of the molecule is Nc1ccc(Oc2ccc(C34CC5CC(CC(C5)C3)C4)c(Oc3ccc(N)cc3Cl)c2Oc2ccc(N)cc2Cl)c(Cl)c1. The summed E-state index contributed by atoms with van der Waals surface area (Å²) < 4.78 is 19.8. The molecule has 0 amide bonds. The molecule has 0 spiro atoms. The van der Waals surface area contributed by atoms with E-state index in [1.54, 1.807) is 54.6 Å². The summed E-state index contributed by atoms with van der Waals surface area (Å²) in [4.78, 5) is 0. The molecule has 4 bridgehead atoms. The van der Waals surface area contributed by atoms with E-state index in [0.29, 0.717) is 84.4 Å². The maximum absolute atomic E-state index is 6.77. The van der Waals surface area contributed by atoms with Crippen molar-refractivity contribution >= 4 is 51.9 Å². The van der Waals surface area contributed by atoms with Crippen molar-refractivity contribution in [3.05, 3.63) is 87.4 Å². The predicted octanol–water partition coefficient (Wildman–Crippen LogP) is 10.2. The zero-order chi connectivity index (χ0) is 29.9. The van der Waals surface area contributed by atoms with Crippen molar-refractivity contribution in [2.24, 2.45) is 17.8 Å². The van der Waals surface area contributed by atoms with Crippen LogP contribution in [0.15, 0.2) is 66.7 Å². The first-order valence-electron chi connectivity index (χ1n) is 14.5. The van der Waals surface area contributed by atoms with Crippen LogP contribution in [0.25, 0.3) is 0 Å². The average Bonchev–Trinajstić information content (AvgIpc) is 2.93. The van der Waals surface area contributed by atoms with Gasteiger partial charge in [0.05, 0.1) is 15.1 Å². The van der Waals surface area contributed by atoms with Gasteiger partial charge in [-0.15, -0.1) is 0 Å². The van der Waals surface area contributed by atoms with Crippen LogP contribution in [0.1, 0.15) is 44.1 Å². The molecule has 0 atom stereocenters. The second-order valence-corrected chi connectivity index (χ2v) is 13.6. The van der Waals surface area contributed by atoms with E-state index in [9.17, 15) is 0 Å². The highest BCUT2D eigenvalue weighted by Crippen LogP contribution is 2.64. The first-order chi connectivity index (χ1) is 20.7. The Balaban J connectivity index is 1.43. The molecule has 4 aromatic rings. The van der Waals surface area contributed by atoms with Crippen LogP contribution in [0.3, 0.4) is 0 Å². The molecule has 8 rings (SSSR count). The number of anilines is 3. The lowest BCUT2D eigenvalue weighted by molar-refractivity contribution is -0.00610. The summed E-state index contributed by atoms with van der Waals surface area (Å²) in [6.07, 6.45) is 7.24. The van der Waals surface area contributed by atoms with Crippen molar-refractivity contribution in [2.45, 2.75) is 43.9 Å². The molecule has 0 unspecified atom stereocenters. The first-order valence-corrected chi connectivity index (χ1v) is 15.7. The Hall–Kier alpha value is -3.45. The third-order valence-corrected chi connectivity index (χ3v) is 10.1. The molecular weight excluding hydrogens is 605 g/mol. The van der Waals surface area contributed by atoms with Crippen LogP contribution in [0.5, 0.6) is 34.5 Å². The summed E-state index contributed by atoms with van der Waals surface area (Å²) in [5, 5.41) is 1.11. The van der Waals surface area contributed by atoms with Gasteiger partial charge in [0.15, 0.2) is 11.5 Å². The summed E-state index contributed by atoms with van der Waals surface area (Å²) >= 11 is 19.8. The van der Waals surface area contributed by atoms with Crippen LogP contribution in [-0.2, 0) is 5.41 Å². The Morgan fingerprint density at radius 1 is 0.512 bits per heavy atom. The molecule has 0 aromatic heterocycles. The van der Waals surface area contributed by atoms with Gasteiger partial charge in [-0.3, -0.25) is 0 Å². The smallest absolute Gasteiger partial charge is 0.212 e. The minimum atomic E-state index is -0.0508. The monoisotopic (exact) mass is 635 g/mol. The maximum atomic E-state index is 6.77. The van der Waals surface area contributed by atoms with Crippen LogP contribution < -0.4 is 31.4 Å². The van der Waals surface area contributed by atoms with Crippen molar-refractivity contribution in [2.75, 3.05) is 17.2 Å². The molecule has 0 radical (unpaired) electrons. The van der Waals surface area contributed by atoms with E-state index in [1.807, 2.05) is 6.07 Å². The van der Waals surface area contributed by atoms with E-state index in [1.165, 1.54) is 19.3 Å². The third-order valence-electron chi connectivity index (χ3n) is 9.20. The minimum absolute atomic E-state index is 0.0508. The lowest BCUT2D eigenvalue weighted by Gasteiger charge is -2.57. The summed E-state index contributed by atoms with van der Waals surface area (Å²) in [6.45, 7) is 0. The van der Waals surface area contributed by atoms with Gasteiger partial charge in [0, 0.05) is 22.6 Å². The zero-order valence-electron chi connectivity index (χ0n) is 23.4. The number of benzene rings is 4. The highest BCUT2D eigenvalue weighted by atomic mass is 35.5. The quantitative estimate of drug-likeness (QED) is 0.174. The molecule has 0 heterocycles. The van der Waals surface area contributed by atoms with E-state index < -0.39 is 0 Å². The van der Waals surface area contributed by atoms with Crippen molar-refractivity contribution in [1.82, 2.24) is 0 Å². The lowest BCUT2D eigenvalue weighted by Crippen LogP contribution is -2.48. The van der Waals surface area contributed by atoms with Crippen molar-refractivity contribution in [1.29, 1.82) is 0 Å². The number of hydrogen-bond acceptors (Lipinski definition) is 6. The first kappa shape index (κ1) is 28.3. The van der Waals surface area contributed by atoms with Crippen LogP contribution >= 0.6 is 34.8 Å². The summed E-state index contributed by atoms with van der Waals surface area (Å²) in [7, 11) is 0. The largest absolute Gasteiger partial charge is 0.452 e. The second-order valence-electron chi connectivity index (χ2n) is 12.3. The molecule has 4 fully saturated rings. The Morgan fingerprint density at radius 2 is 0.907 bits per heavy atom. The minimum Gasteiger partial charge on any atom is -0.452 e. The molecule has 4 aliphatic carbocycles. The molecular formula is C34H32Cl3N3O3. The molecule has 222 valence electrons. The van der Waals surface area contributed by atoms with Crippen LogP contribution in [-0.4, -0.2) is 0 Å². The van der Waals surface area contributed by atoms with Crippen LogP contribution in [0.2, 0.25) is 15.1 Å². The van der Waals surface area contributed by atoms with Gasteiger partial charge in [0.25, 0.3) is 0 Å². The number of hydrogen-bond donors (Lipinski definition) is 3. The van der Waals surface area contributed by atoms with E-state index in [4.69, 9.17) is 66.2 Å². The Morgan fingerprint density at radius 3 is 1.35 bits per heavy atom. The van der Waals surface area contributed by atoms with Gasteiger partial charge in [-0.1, -0.05) is 40.9 Å². The molecule has 9 heteroatoms. The molecule has 6 N–H and O–H groups in total. The van der Waals surface area contributed by atoms with Crippen LogP contribution in [0.4, 0.5) is 17.1 Å². The van der Waals surface area contributed by atoms with Gasteiger partial charge in [0.1, 0.15) is 17.2 Å². The summed E-state index contributed by atoms with van der Waals surface area (Å²) in [5.41, 5.74) is 20.6. The number of nitrogens with two attached hydrogens (primary N) is 3. The maximum Gasteiger partial charge on any atom is 0.212 e. The summed E-state index contributed by atoms with van der Waals surface area (Å²) in [5.74, 6) is 4.70. The predicted molar refractivity (Wildman–Crippen MR) is 174 cm³/mol. The number of nitrogen functional groups attached to an aromatic ring is 3. The molecule has 0 saturated heterocycles. The molecule has 6 nitrogen and oxygen atoms in total. The summed E-state index contributed by atoms with van der Waals surface area (Å²) in [6, 6.07) is 19.5. The van der Waals surface area contributed by atoms with Crippen molar-refractivity contribution < 1.29 is 14.2 Å². The average molecular weight is 637 g/mol. The van der Waals surface area contributed by atoms with Crippen molar-refractivity contribution in [3.63, 3.8) is 0 Å². The normalized spacial score (nSPS) is 23.7. The topological polar surface area (TPSA) is 106 Å². The highest BCUT2D eigenvalue weighted by Gasteiger charge is 2.53. The second kappa shape index (κ2) is 10.9. The highest BCUT2D eigenvalue weighted by molar-refractivity contribution is 6.33. The third kappa shape index (κ3) is 5.41. The Labute approximate surface area is 266 Å². The number of rotatable bonds is 7. The molecule has 4 saturated carbocycles. The van der Waals surface area contributed by atoms with Gasteiger partial charge < -0.3 is 31.4 Å². The van der Waals surface area contributed by atoms with Crippen molar-refractivity contribution in [3.8, 4) is 34.5 Å². The molecule has 43 heavy (non-hydrogen) atoms. The van der Waals surface area contributed by atoms with Gasteiger partial charge in [-0.05, 0) is 122 Å². The fourth-order valence-corrected chi connectivity index (χ4v) is 8.50. The standard InChI is InChI=1S/C34H32Cl3N3O3/c35-25-12-21(38)1-5-28(25)41-31-8-4-24(34-15-18-9-19(16-34)11-20(10-18)17-34)32(42-29-6-2-22(39)13-26(29)36)33(31)43-30-7-3-23(40)14-27(30)37/h1-8,12-14,18-20H,9-11,15-17,38-40H2. The fourth-order valence-electron chi connectivity index (χ4n) is 7.82. The molecule has 0 aliphatic heterocycles. The number of ether oxygens (including phenoxy) is 3. The molecule has 4 aromatic carbocycles. The van der Waals surface area contributed by atoms with Gasteiger partial charge in [-0.25, -0.2) is 0 Å². The Bertz CT molecular complexity index is 1690. The Kier molecular flexibility index (Phi) is 7.19. The number of halogens is 3. The van der Waals surface area contributed by atoms with Gasteiger partial charge in [-0.2, -0.15) is 0 Å². The van der Waals surface area contributed by atoms with Crippen LogP contribution in [0, 0.1) is 17.8 Å². The van der Waals surface area contributed by atoms with E-state index in [0.717, 1.165) is 24.8 Å². The van der Waals surface area contributed by atoms with E-state index >= 15 is 0 Å². The van der Waals surface area contributed by atoms with E-state index in [2.05, 4.69) is 6.07 Å². The molecule has 4 aliphatic rings. The fraction of sp³-hybridized carbons (Fsp3) is 0.294.